The molecule has 0 unspecified atom stereocenters. The number of nitriles is 1. The summed E-state index contributed by atoms with van der Waals surface area (Å²) in [6.07, 6.45) is 1.58. The molecule has 164 valence electrons. The van der Waals surface area contributed by atoms with E-state index in [4.69, 9.17) is 18.8 Å². The van der Waals surface area contributed by atoms with E-state index in [1.807, 2.05) is 38.1 Å². The fourth-order valence-corrected chi connectivity index (χ4v) is 3.61. The number of fused-ring (bicyclic) bond motifs is 1. The van der Waals surface area contributed by atoms with Crippen LogP contribution in [0.2, 0.25) is 0 Å². The SMILES string of the molecule is COCCO/N=C1/CCc2c1cccc2-c1noc(-c2ccc(OC(C)C)c(C#N)c2)n1. The molecule has 0 spiro atoms. The Balaban J connectivity index is 1.60. The van der Waals surface area contributed by atoms with Crippen molar-refractivity contribution in [1.82, 2.24) is 10.1 Å². The summed E-state index contributed by atoms with van der Waals surface area (Å²) in [4.78, 5) is 9.94. The van der Waals surface area contributed by atoms with Crippen molar-refractivity contribution in [3.05, 3.63) is 53.1 Å². The molecule has 0 atom stereocenters. The Bertz CT molecular complexity index is 1180. The molecule has 0 N–H and O–H groups in total. The monoisotopic (exact) mass is 432 g/mol. The van der Waals surface area contributed by atoms with E-state index in [0.717, 1.165) is 35.2 Å². The highest BCUT2D eigenvalue weighted by molar-refractivity contribution is 6.05. The van der Waals surface area contributed by atoms with Crippen LogP contribution in [0, 0.1) is 11.3 Å². The molecule has 4 rings (SSSR count). The summed E-state index contributed by atoms with van der Waals surface area (Å²) in [5, 5.41) is 17.9. The highest BCUT2D eigenvalue weighted by Crippen LogP contribution is 2.33. The molecule has 3 aromatic rings. The summed E-state index contributed by atoms with van der Waals surface area (Å²) in [7, 11) is 1.63. The molecular formula is C24H24N4O4. The van der Waals surface area contributed by atoms with Crippen molar-refractivity contribution in [3.8, 4) is 34.7 Å². The first-order valence-corrected chi connectivity index (χ1v) is 10.5. The van der Waals surface area contributed by atoms with E-state index in [0.29, 0.717) is 41.8 Å². The number of hydrogen-bond acceptors (Lipinski definition) is 8. The summed E-state index contributed by atoms with van der Waals surface area (Å²) >= 11 is 0. The third-order valence-electron chi connectivity index (χ3n) is 5.03. The second kappa shape index (κ2) is 9.62. The van der Waals surface area contributed by atoms with Crippen LogP contribution >= 0.6 is 0 Å². The Kier molecular flexibility index (Phi) is 6.47. The van der Waals surface area contributed by atoms with Crippen LogP contribution in [-0.2, 0) is 16.0 Å². The molecule has 0 aliphatic heterocycles. The minimum absolute atomic E-state index is 0.0260. The number of methoxy groups -OCH3 is 1. The molecule has 1 aromatic heterocycles. The first-order valence-electron chi connectivity index (χ1n) is 10.5. The quantitative estimate of drug-likeness (QED) is 0.384. The van der Waals surface area contributed by atoms with Gasteiger partial charge in [0.1, 0.15) is 18.4 Å². The van der Waals surface area contributed by atoms with Gasteiger partial charge in [-0.05, 0) is 50.5 Å². The third-order valence-corrected chi connectivity index (χ3v) is 5.03. The molecule has 2 aromatic carbocycles. The lowest BCUT2D eigenvalue weighted by Gasteiger charge is -2.11. The molecule has 0 saturated carbocycles. The molecular weight excluding hydrogens is 408 g/mol. The largest absolute Gasteiger partial charge is 0.490 e. The molecule has 32 heavy (non-hydrogen) atoms. The first-order chi connectivity index (χ1) is 15.6. The summed E-state index contributed by atoms with van der Waals surface area (Å²) < 4.78 is 16.2. The van der Waals surface area contributed by atoms with Crippen molar-refractivity contribution in [2.45, 2.75) is 32.8 Å². The van der Waals surface area contributed by atoms with Crippen molar-refractivity contribution in [3.63, 3.8) is 0 Å². The number of rotatable bonds is 8. The van der Waals surface area contributed by atoms with Crippen LogP contribution in [0.5, 0.6) is 5.75 Å². The zero-order chi connectivity index (χ0) is 22.5. The van der Waals surface area contributed by atoms with Crippen LogP contribution in [0.3, 0.4) is 0 Å². The highest BCUT2D eigenvalue weighted by atomic mass is 16.6. The number of hydrogen-bond donors (Lipinski definition) is 0. The highest BCUT2D eigenvalue weighted by Gasteiger charge is 2.24. The van der Waals surface area contributed by atoms with E-state index >= 15 is 0 Å². The molecule has 0 radical (unpaired) electrons. The van der Waals surface area contributed by atoms with Gasteiger partial charge in [0, 0.05) is 23.8 Å². The van der Waals surface area contributed by atoms with Crippen LogP contribution in [0.1, 0.15) is 37.0 Å². The van der Waals surface area contributed by atoms with Gasteiger partial charge in [-0.3, -0.25) is 0 Å². The smallest absolute Gasteiger partial charge is 0.258 e. The normalized spacial score (nSPS) is 13.9. The van der Waals surface area contributed by atoms with E-state index < -0.39 is 0 Å². The molecule has 1 aliphatic carbocycles. The maximum Gasteiger partial charge on any atom is 0.258 e. The van der Waals surface area contributed by atoms with E-state index in [9.17, 15) is 5.26 Å². The van der Waals surface area contributed by atoms with Crippen LogP contribution in [0.25, 0.3) is 22.8 Å². The molecule has 0 amide bonds. The standard InChI is InChI=1S/C24H24N4O4/c1-15(2)31-22-10-7-16(13-17(22)14-25)24-26-23(28-32-24)20-6-4-5-19-18(20)8-9-21(19)27-30-12-11-29-3/h4-7,10,13,15H,8-9,11-12H2,1-3H3/b27-21-. The van der Waals surface area contributed by atoms with Gasteiger partial charge in [-0.2, -0.15) is 10.2 Å². The van der Waals surface area contributed by atoms with E-state index in [1.54, 1.807) is 19.2 Å². The average molecular weight is 432 g/mol. The third kappa shape index (κ3) is 4.48. The average Bonchev–Trinajstić information content (AvgIpc) is 3.44. The molecule has 0 bridgehead atoms. The fraction of sp³-hybridized carbons (Fsp3) is 0.333. The Morgan fingerprint density at radius 2 is 2.00 bits per heavy atom. The van der Waals surface area contributed by atoms with Gasteiger partial charge in [0.2, 0.25) is 5.82 Å². The predicted molar refractivity (Wildman–Crippen MR) is 118 cm³/mol. The number of aromatic nitrogens is 2. The summed E-state index contributed by atoms with van der Waals surface area (Å²) in [5.41, 5.74) is 5.05. The van der Waals surface area contributed by atoms with E-state index in [2.05, 4.69) is 21.4 Å². The molecule has 1 aliphatic rings. The number of ether oxygens (including phenoxy) is 2. The Labute approximate surface area is 186 Å². The lowest BCUT2D eigenvalue weighted by molar-refractivity contribution is 0.0750. The van der Waals surface area contributed by atoms with Crippen molar-refractivity contribution >= 4 is 5.71 Å². The Hall–Kier alpha value is -3.70. The minimum atomic E-state index is -0.0260. The maximum atomic E-state index is 9.48. The lowest BCUT2D eigenvalue weighted by Crippen LogP contribution is -2.06. The van der Waals surface area contributed by atoms with Crippen molar-refractivity contribution in [1.29, 1.82) is 5.26 Å². The lowest BCUT2D eigenvalue weighted by atomic mass is 10.0. The van der Waals surface area contributed by atoms with Crippen molar-refractivity contribution in [2.24, 2.45) is 5.16 Å². The zero-order valence-electron chi connectivity index (χ0n) is 18.3. The number of nitrogens with zero attached hydrogens (tertiary/aromatic N) is 4. The topological polar surface area (TPSA) is 103 Å². The van der Waals surface area contributed by atoms with Gasteiger partial charge in [0.25, 0.3) is 5.89 Å². The number of oxime groups is 1. The second-order valence-electron chi connectivity index (χ2n) is 7.61. The van der Waals surface area contributed by atoms with Crippen LogP contribution < -0.4 is 4.74 Å². The molecule has 8 heteroatoms. The van der Waals surface area contributed by atoms with Crippen molar-refractivity contribution < 1.29 is 18.8 Å². The fourth-order valence-electron chi connectivity index (χ4n) is 3.61. The Morgan fingerprint density at radius 1 is 1.16 bits per heavy atom. The predicted octanol–water partition coefficient (Wildman–Crippen LogP) is 4.38. The summed E-state index contributed by atoms with van der Waals surface area (Å²) in [5.74, 6) is 1.38. The molecule has 0 fully saturated rings. The maximum absolute atomic E-state index is 9.48. The van der Waals surface area contributed by atoms with Gasteiger partial charge in [-0.15, -0.1) is 0 Å². The van der Waals surface area contributed by atoms with Gasteiger partial charge in [0.15, 0.2) is 0 Å². The molecule has 1 heterocycles. The van der Waals surface area contributed by atoms with Gasteiger partial charge in [-0.25, -0.2) is 0 Å². The van der Waals surface area contributed by atoms with Gasteiger partial charge in [0.05, 0.1) is 24.0 Å². The van der Waals surface area contributed by atoms with Gasteiger partial charge >= 0.3 is 0 Å². The first kappa shape index (κ1) is 21.5. The summed E-state index contributed by atoms with van der Waals surface area (Å²) in [6, 6.07) is 13.4. The van der Waals surface area contributed by atoms with Crippen molar-refractivity contribution in [2.75, 3.05) is 20.3 Å². The van der Waals surface area contributed by atoms with Crippen LogP contribution in [0.15, 0.2) is 46.1 Å². The Morgan fingerprint density at radius 3 is 2.78 bits per heavy atom. The van der Waals surface area contributed by atoms with Gasteiger partial charge in [-0.1, -0.05) is 28.5 Å². The second-order valence-corrected chi connectivity index (χ2v) is 7.61. The number of benzene rings is 2. The van der Waals surface area contributed by atoms with Gasteiger partial charge < -0.3 is 18.8 Å². The summed E-state index contributed by atoms with van der Waals surface area (Å²) in [6.45, 7) is 4.74. The molecule has 8 nitrogen and oxygen atoms in total. The minimum Gasteiger partial charge on any atom is -0.490 e. The van der Waals surface area contributed by atoms with Crippen LogP contribution in [0.4, 0.5) is 0 Å². The van der Waals surface area contributed by atoms with E-state index in [-0.39, 0.29) is 6.10 Å². The van der Waals surface area contributed by atoms with E-state index in [1.165, 1.54) is 0 Å². The van der Waals surface area contributed by atoms with Crippen LogP contribution in [-0.4, -0.2) is 42.3 Å². The molecule has 0 saturated heterocycles. The zero-order valence-corrected chi connectivity index (χ0v) is 18.3.